The number of rotatable bonds is 10. The van der Waals surface area contributed by atoms with E-state index in [1.165, 1.54) is 11.1 Å². The first-order valence-electron chi connectivity index (χ1n) is 7.84. The Morgan fingerprint density at radius 3 is 2.33 bits per heavy atom. The molecule has 1 atom stereocenters. The molecule has 0 aromatic rings. The van der Waals surface area contributed by atoms with Crippen molar-refractivity contribution in [2.75, 3.05) is 6.61 Å². The van der Waals surface area contributed by atoms with Crippen LogP contribution in [0, 0.1) is 5.92 Å². The number of esters is 1. The summed E-state index contributed by atoms with van der Waals surface area (Å²) in [6.07, 6.45) is 8.15. The lowest BCUT2D eigenvalue weighted by atomic mass is 9.97. The van der Waals surface area contributed by atoms with Crippen molar-refractivity contribution in [1.29, 1.82) is 0 Å². The maximum Gasteiger partial charge on any atom is 0.313 e. The van der Waals surface area contributed by atoms with Crippen LogP contribution in [0.2, 0.25) is 0 Å². The summed E-state index contributed by atoms with van der Waals surface area (Å²) in [6, 6.07) is 0. The second-order valence-electron chi connectivity index (χ2n) is 5.80. The number of allylic oxidation sites excluding steroid dienone is 4. The largest absolute Gasteiger partial charge is 0.466 e. The molecule has 0 aliphatic heterocycles. The molecule has 0 bridgehead atoms. The van der Waals surface area contributed by atoms with Crippen LogP contribution in [0.4, 0.5) is 0 Å². The van der Waals surface area contributed by atoms with Gasteiger partial charge in [-0.15, -0.1) is 0 Å². The average molecular weight is 294 g/mol. The molecule has 0 radical (unpaired) electrons. The van der Waals surface area contributed by atoms with Crippen molar-refractivity contribution < 1.29 is 14.3 Å². The Morgan fingerprint density at radius 2 is 1.76 bits per heavy atom. The molecular weight excluding hydrogens is 264 g/mol. The van der Waals surface area contributed by atoms with E-state index in [2.05, 4.69) is 32.9 Å². The lowest BCUT2D eigenvalue weighted by Gasteiger charge is -2.09. The summed E-state index contributed by atoms with van der Waals surface area (Å²) >= 11 is 0. The third-order valence-corrected chi connectivity index (χ3v) is 3.36. The number of hydrogen-bond acceptors (Lipinski definition) is 3. The van der Waals surface area contributed by atoms with E-state index in [-0.39, 0.29) is 18.1 Å². The molecule has 0 aliphatic rings. The highest BCUT2D eigenvalue weighted by Gasteiger charge is 2.16. The van der Waals surface area contributed by atoms with Gasteiger partial charge >= 0.3 is 5.97 Å². The van der Waals surface area contributed by atoms with Gasteiger partial charge in [-0.1, -0.05) is 30.2 Å². The summed E-state index contributed by atoms with van der Waals surface area (Å²) in [5.41, 5.74) is 2.71. The lowest BCUT2D eigenvalue weighted by Crippen LogP contribution is -2.17. The van der Waals surface area contributed by atoms with Gasteiger partial charge in [0.1, 0.15) is 12.2 Å². The third kappa shape index (κ3) is 11.0. The van der Waals surface area contributed by atoms with Gasteiger partial charge in [0.25, 0.3) is 0 Å². The van der Waals surface area contributed by atoms with Gasteiger partial charge in [-0.25, -0.2) is 0 Å². The minimum Gasteiger partial charge on any atom is -0.466 e. The molecule has 0 saturated heterocycles. The van der Waals surface area contributed by atoms with E-state index in [1.54, 1.807) is 6.92 Å². The van der Waals surface area contributed by atoms with Crippen molar-refractivity contribution in [3.63, 3.8) is 0 Å². The average Bonchev–Trinajstić information content (AvgIpc) is 2.38. The normalized spacial score (nSPS) is 12.7. The number of hydrogen-bond donors (Lipinski definition) is 0. The van der Waals surface area contributed by atoms with Gasteiger partial charge in [0, 0.05) is 5.92 Å². The molecular formula is C18H30O3. The molecule has 0 heterocycles. The molecule has 120 valence electrons. The SMILES string of the molecule is CCOC(=O)CC(=O)C(C)CCC=C(C)CCC=C(C)C. The van der Waals surface area contributed by atoms with Crippen molar-refractivity contribution in [3.8, 4) is 0 Å². The van der Waals surface area contributed by atoms with E-state index >= 15 is 0 Å². The first-order chi connectivity index (χ1) is 9.86. The predicted octanol–water partition coefficient (Wildman–Crippen LogP) is 4.62. The summed E-state index contributed by atoms with van der Waals surface area (Å²) in [6.45, 7) is 10.3. The van der Waals surface area contributed by atoms with Gasteiger partial charge in [-0.2, -0.15) is 0 Å². The molecule has 0 amide bonds. The number of carbonyl (C=O) groups excluding carboxylic acids is 2. The Labute approximate surface area is 129 Å². The van der Waals surface area contributed by atoms with E-state index in [4.69, 9.17) is 4.74 Å². The van der Waals surface area contributed by atoms with E-state index in [0.717, 1.165) is 25.7 Å². The van der Waals surface area contributed by atoms with Crippen LogP contribution in [-0.2, 0) is 14.3 Å². The Morgan fingerprint density at radius 1 is 1.10 bits per heavy atom. The topological polar surface area (TPSA) is 43.4 Å². The van der Waals surface area contributed by atoms with Crippen molar-refractivity contribution in [3.05, 3.63) is 23.3 Å². The smallest absolute Gasteiger partial charge is 0.313 e. The van der Waals surface area contributed by atoms with Gasteiger partial charge in [-0.05, 0) is 53.4 Å². The molecule has 0 aromatic carbocycles. The van der Waals surface area contributed by atoms with Crippen molar-refractivity contribution in [2.45, 2.75) is 66.7 Å². The summed E-state index contributed by atoms with van der Waals surface area (Å²) in [5.74, 6) is -0.525. The molecule has 0 rings (SSSR count). The van der Waals surface area contributed by atoms with Crippen LogP contribution in [0.3, 0.4) is 0 Å². The van der Waals surface area contributed by atoms with Gasteiger partial charge < -0.3 is 4.74 Å². The first kappa shape index (κ1) is 19.6. The molecule has 0 fully saturated rings. The molecule has 21 heavy (non-hydrogen) atoms. The van der Waals surface area contributed by atoms with Crippen LogP contribution in [0.5, 0.6) is 0 Å². The van der Waals surface area contributed by atoms with Gasteiger partial charge in [-0.3, -0.25) is 9.59 Å². The monoisotopic (exact) mass is 294 g/mol. The Hall–Kier alpha value is -1.38. The molecule has 3 nitrogen and oxygen atoms in total. The van der Waals surface area contributed by atoms with Crippen LogP contribution >= 0.6 is 0 Å². The quantitative estimate of drug-likeness (QED) is 0.335. The van der Waals surface area contributed by atoms with Crippen LogP contribution < -0.4 is 0 Å². The van der Waals surface area contributed by atoms with Crippen molar-refractivity contribution in [2.24, 2.45) is 5.92 Å². The molecule has 0 aliphatic carbocycles. The summed E-state index contributed by atoms with van der Waals surface area (Å²) in [4.78, 5) is 23.1. The summed E-state index contributed by atoms with van der Waals surface area (Å²) in [7, 11) is 0. The zero-order valence-corrected chi connectivity index (χ0v) is 14.2. The highest BCUT2D eigenvalue weighted by molar-refractivity contribution is 5.96. The standard InChI is InChI=1S/C18H30O3/c1-6-21-18(20)13-17(19)16(5)12-8-11-15(4)10-7-9-14(2)3/h9,11,16H,6-8,10,12-13H2,1-5H3. The van der Waals surface area contributed by atoms with Gasteiger partial charge in [0.15, 0.2) is 0 Å². The summed E-state index contributed by atoms with van der Waals surface area (Å²) < 4.78 is 4.79. The highest BCUT2D eigenvalue weighted by Crippen LogP contribution is 2.13. The van der Waals surface area contributed by atoms with E-state index in [0.29, 0.717) is 6.61 Å². The number of Topliss-reactive ketones (excluding diaryl/α,β-unsaturated/α-hetero) is 1. The highest BCUT2D eigenvalue weighted by atomic mass is 16.5. The van der Waals surface area contributed by atoms with Gasteiger partial charge in [0.2, 0.25) is 0 Å². The van der Waals surface area contributed by atoms with Crippen molar-refractivity contribution >= 4 is 11.8 Å². The second kappa shape index (κ2) is 11.3. The molecule has 0 saturated carbocycles. The first-order valence-corrected chi connectivity index (χ1v) is 7.84. The van der Waals surface area contributed by atoms with Crippen LogP contribution in [-0.4, -0.2) is 18.4 Å². The van der Waals surface area contributed by atoms with Crippen LogP contribution in [0.25, 0.3) is 0 Å². The maximum absolute atomic E-state index is 11.8. The van der Waals surface area contributed by atoms with E-state index in [1.807, 2.05) is 6.92 Å². The predicted molar refractivity (Wildman–Crippen MR) is 87.1 cm³/mol. The number of carbonyl (C=O) groups is 2. The molecule has 0 N–H and O–H groups in total. The zero-order valence-electron chi connectivity index (χ0n) is 14.2. The number of ketones is 1. The lowest BCUT2D eigenvalue weighted by molar-refractivity contribution is -0.146. The van der Waals surface area contributed by atoms with E-state index in [9.17, 15) is 9.59 Å². The molecule has 0 spiro atoms. The Balaban J connectivity index is 4.01. The Kier molecular flexibility index (Phi) is 10.6. The van der Waals surface area contributed by atoms with E-state index < -0.39 is 5.97 Å². The van der Waals surface area contributed by atoms with Gasteiger partial charge in [0.05, 0.1) is 6.61 Å². The minimum atomic E-state index is -0.414. The fraction of sp³-hybridized carbons (Fsp3) is 0.667. The zero-order chi connectivity index (χ0) is 16.3. The van der Waals surface area contributed by atoms with Crippen LogP contribution in [0.1, 0.15) is 66.7 Å². The Bertz CT molecular complexity index is 387. The third-order valence-electron chi connectivity index (χ3n) is 3.36. The summed E-state index contributed by atoms with van der Waals surface area (Å²) in [5, 5.41) is 0. The van der Waals surface area contributed by atoms with Crippen LogP contribution in [0.15, 0.2) is 23.3 Å². The maximum atomic E-state index is 11.8. The fourth-order valence-corrected chi connectivity index (χ4v) is 1.96. The number of ether oxygens (including phenoxy) is 1. The minimum absolute atomic E-state index is 0.0240. The molecule has 3 heteroatoms. The molecule has 1 unspecified atom stereocenters. The van der Waals surface area contributed by atoms with Crippen molar-refractivity contribution in [1.82, 2.24) is 0 Å². The fourth-order valence-electron chi connectivity index (χ4n) is 1.96. The molecule has 0 aromatic heterocycles. The second-order valence-corrected chi connectivity index (χ2v) is 5.80.